The van der Waals surface area contributed by atoms with Gasteiger partial charge >= 0.3 is 0 Å². The first-order chi connectivity index (χ1) is 7.68. The molecular formula is C10H21N3O2S. The third kappa shape index (κ3) is 3.16. The van der Waals surface area contributed by atoms with Crippen molar-refractivity contribution in [2.24, 2.45) is 0 Å². The van der Waals surface area contributed by atoms with Crippen LogP contribution in [0.25, 0.3) is 0 Å². The highest BCUT2D eigenvalue weighted by atomic mass is 32.2. The fourth-order valence-corrected chi connectivity index (χ4v) is 3.83. The highest BCUT2D eigenvalue weighted by molar-refractivity contribution is 7.87. The third-order valence-electron chi connectivity index (χ3n) is 3.28. The summed E-state index contributed by atoms with van der Waals surface area (Å²) in [6.45, 7) is 3.02. The van der Waals surface area contributed by atoms with Crippen molar-refractivity contribution in [3.8, 4) is 0 Å². The zero-order chi connectivity index (χ0) is 11.4. The minimum Gasteiger partial charge on any atom is -0.315 e. The van der Waals surface area contributed by atoms with Gasteiger partial charge in [-0.05, 0) is 25.8 Å². The number of nitrogens with zero attached hydrogens (tertiary/aromatic N) is 1. The molecule has 5 nitrogen and oxygen atoms in total. The van der Waals surface area contributed by atoms with Gasteiger partial charge in [-0.15, -0.1) is 0 Å². The van der Waals surface area contributed by atoms with Crippen molar-refractivity contribution in [3.63, 3.8) is 0 Å². The van der Waals surface area contributed by atoms with E-state index in [4.69, 9.17) is 0 Å². The fraction of sp³-hybridized carbons (Fsp3) is 1.00. The normalized spacial score (nSPS) is 29.1. The first kappa shape index (κ1) is 12.3. The van der Waals surface area contributed by atoms with Gasteiger partial charge in [0.05, 0.1) is 0 Å². The van der Waals surface area contributed by atoms with Crippen LogP contribution in [-0.2, 0) is 10.2 Å². The molecule has 2 aliphatic heterocycles. The number of hydrogen-bond donors (Lipinski definition) is 2. The summed E-state index contributed by atoms with van der Waals surface area (Å²) in [7, 11) is -3.25. The highest BCUT2D eigenvalue weighted by Crippen LogP contribution is 2.13. The average molecular weight is 247 g/mol. The maximum absolute atomic E-state index is 12.1. The lowest BCUT2D eigenvalue weighted by Gasteiger charge is -2.22. The maximum Gasteiger partial charge on any atom is 0.279 e. The molecule has 94 valence electrons. The highest BCUT2D eigenvalue weighted by Gasteiger charge is 2.27. The van der Waals surface area contributed by atoms with E-state index >= 15 is 0 Å². The van der Waals surface area contributed by atoms with Crippen LogP contribution in [0.15, 0.2) is 0 Å². The molecule has 2 heterocycles. The van der Waals surface area contributed by atoms with Gasteiger partial charge in [0.15, 0.2) is 0 Å². The molecule has 0 spiro atoms. The molecule has 2 aliphatic rings. The summed E-state index contributed by atoms with van der Waals surface area (Å²) >= 11 is 0. The molecule has 16 heavy (non-hydrogen) atoms. The molecule has 0 bridgehead atoms. The molecule has 6 heteroatoms. The quantitative estimate of drug-likeness (QED) is 0.741. The van der Waals surface area contributed by atoms with Crippen LogP contribution in [0.4, 0.5) is 0 Å². The van der Waals surface area contributed by atoms with E-state index in [2.05, 4.69) is 10.0 Å². The Morgan fingerprint density at radius 1 is 1.12 bits per heavy atom. The molecule has 2 rings (SSSR count). The van der Waals surface area contributed by atoms with Crippen LogP contribution in [-0.4, -0.2) is 44.9 Å². The van der Waals surface area contributed by atoms with Gasteiger partial charge in [0, 0.05) is 25.7 Å². The van der Waals surface area contributed by atoms with Gasteiger partial charge in [0.2, 0.25) is 0 Å². The molecule has 0 unspecified atom stereocenters. The van der Waals surface area contributed by atoms with Crippen molar-refractivity contribution in [1.29, 1.82) is 0 Å². The van der Waals surface area contributed by atoms with Crippen molar-refractivity contribution in [1.82, 2.24) is 14.3 Å². The van der Waals surface area contributed by atoms with E-state index in [-0.39, 0.29) is 6.04 Å². The number of nitrogens with one attached hydrogen (secondary N) is 2. The molecule has 1 atom stereocenters. The number of rotatable bonds is 3. The molecule has 0 aromatic carbocycles. The van der Waals surface area contributed by atoms with E-state index in [1.165, 1.54) is 0 Å². The molecule has 0 saturated carbocycles. The second-order valence-corrected chi connectivity index (χ2v) is 6.33. The number of hydrogen-bond acceptors (Lipinski definition) is 3. The zero-order valence-electron chi connectivity index (χ0n) is 9.61. The van der Waals surface area contributed by atoms with Gasteiger partial charge in [-0.25, -0.2) is 0 Å². The lowest BCUT2D eigenvalue weighted by molar-refractivity contribution is 0.409. The smallest absolute Gasteiger partial charge is 0.279 e. The average Bonchev–Trinajstić information content (AvgIpc) is 2.56. The minimum absolute atomic E-state index is 0.0771. The van der Waals surface area contributed by atoms with Crippen LogP contribution in [0.3, 0.4) is 0 Å². The van der Waals surface area contributed by atoms with Gasteiger partial charge < -0.3 is 5.32 Å². The van der Waals surface area contributed by atoms with Gasteiger partial charge in [-0.3, -0.25) is 0 Å². The predicted molar refractivity (Wildman–Crippen MR) is 63.4 cm³/mol. The summed E-state index contributed by atoms with van der Waals surface area (Å²) in [5, 5.41) is 3.16. The lowest BCUT2D eigenvalue weighted by Crippen LogP contribution is -2.46. The Hall–Kier alpha value is -0.170. The van der Waals surface area contributed by atoms with E-state index in [0.29, 0.717) is 13.1 Å². The molecule has 0 amide bonds. The summed E-state index contributed by atoms with van der Waals surface area (Å²) in [4.78, 5) is 0. The van der Waals surface area contributed by atoms with E-state index in [9.17, 15) is 8.42 Å². The maximum atomic E-state index is 12.1. The first-order valence-corrected chi connectivity index (χ1v) is 7.60. The van der Waals surface area contributed by atoms with E-state index in [1.807, 2.05) is 0 Å². The Kier molecular flexibility index (Phi) is 4.18. The SMILES string of the molecule is O=S(=O)(N[C@H]1CCNC1)N1CCCCCC1. The topological polar surface area (TPSA) is 61.4 Å². The molecule has 2 saturated heterocycles. The Labute approximate surface area is 97.8 Å². The molecular weight excluding hydrogens is 226 g/mol. The predicted octanol–water partition coefficient (Wildman–Crippen LogP) is 0.0587. The Morgan fingerprint density at radius 3 is 2.38 bits per heavy atom. The second kappa shape index (κ2) is 5.44. The van der Waals surface area contributed by atoms with Crippen LogP contribution >= 0.6 is 0 Å². The summed E-state index contributed by atoms with van der Waals surface area (Å²) in [5.41, 5.74) is 0. The van der Waals surface area contributed by atoms with E-state index in [1.54, 1.807) is 4.31 Å². The van der Waals surface area contributed by atoms with Crippen LogP contribution < -0.4 is 10.0 Å². The second-order valence-electron chi connectivity index (χ2n) is 4.63. The molecule has 2 N–H and O–H groups in total. The van der Waals surface area contributed by atoms with Crippen molar-refractivity contribution < 1.29 is 8.42 Å². The van der Waals surface area contributed by atoms with Crippen molar-refractivity contribution in [2.75, 3.05) is 26.2 Å². The Morgan fingerprint density at radius 2 is 1.81 bits per heavy atom. The van der Waals surface area contributed by atoms with Crippen molar-refractivity contribution in [3.05, 3.63) is 0 Å². The largest absolute Gasteiger partial charge is 0.315 e. The van der Waals surface area contributed by atoms with Gasteiger partial charge in [0.1, 0.15) is 0 Å². The van der Waals surface area contributed by atoms with E-state index < -0.39 is 10.2 Å². The minimum atomic E-state index is -3.25. The Balaban J connectivity index is 1.93. The molecule has 0 aliphatic carbocycles. The van der Waals surface area contributed by atoms with Gasteiger partial charge in [-0.2, -0.15) is 17.4 Å². The van der Waals surface area contributed by atoms with Crippen LogP contribution in [0.2, 0.25) is 0 Å². The fourth-order valence-electron chi connectivity index (χ4n) is 2.32. The van der Waals surface area contributed by atoms with Crippen LogP contribution in [0.1, 0.15) is 32.1 Å². The van der Waals surface area contributed by atoms with E-state index in [0.717, 1.165) is 45.2 Å². The Bertz CT molecular complexity index is 304. The van der Waals surface area contributed by atoms with Crippen LogP contribution in [0, 0.1) is 0 Å². The molecule has 0 aromatic rings. The lowest BCUT2D eigenvalue weighted by atomic mass is 10.2. The summed E-state index contributed by atoms with van der Waals surface area (Å²) in [5.74, 6) is 0. The van der Waals surface area contributed by atoms with Crippen molar-refractivity contribution >= 4 is 10.2 Å². The molecule has 0 aromatic heterocycles. The third-order valence-corrected chi connectivity index (χ3v) is 4.96. The summed E-state index contributed by atoms with van der Waals surface area (Å²) in [6.07, 6.45) is 5.18. The first-order valence-electron chi connectivity index (χ1n) is 6.16. The standard InChI is InChI=1S/C10H21N3O2S/c14-16(15,12-10-5-6-11-9-10)13-7-3-1-2-4-8-13/h10-12H,1-9H2/t10-/m0/s1. The van der Waals surface area contributed by atoms with Crippen LogP contribution in [0.5, 0.6) is 0 Å². The van der Waals surface area contributed by atoms with Crippen molar-refractivity contribution in [2.45, 2.75) is 38.1 Å². The molecule has 2 fully saturated rings. The van der Waals surface area contributed by atoms with Gasteiger partial charge in [-0.1, -0.05) is 12.8 Å². The van der Waals surface area contributed by atoms with Gasteiger partial charge in [0.25, 0.3) is 10.2 Å². The molecule has 0 radical (unpaired) electrons. The monoisotopic (exact) mass is 247 g/mol. The summed E-state index contributed by atoms with van der Waals surface area (Å²) < 4.78 is 28.6. The summed E-state index contributed by atoms with van der Waals surface area (Å²) in [6, 6.07) is 0.0771. The zero-order valence-corrected chi connectivity index (χ0v) is 10.4.